The third-order valence-corrected chi connectivity index (χ3v) is 3.82. The lowest BCUT2D eigenvalue weighted by molar-refractivity contribution is -0.145. The fourth-order valence-corrected chi connectivity index (χ4v) is 2.28. The molecule has 0 spiro atoms. The van der Waals surface area contributed by atoms with Crippen LogP contribution >= 0.6 is 0 Å². The maximum atomic E-state index is 11.5. The molecular formula is C17H21NO2. The Morgan fingerprint density at radius 2 is 1.85 bits per heavy atom. The highest BCUT2D eigenvalue weighted by atomic mass is 16.5. The second-order valence-electron chi connectivity index (χ2n) is 5.12. The third kappa shape index (κ3) is 3.17. The van der Waals surface area contributed by atoms with E-state index in [1.807, 2.05) is 26.0 Å². The molecule has 2 aromatic carbocycles. The van der Waals surface area contributed by atoms with E-state index in [9.17, 15) is 4.79 Å². The van der Waals surface area contributed by atoms with E-state index < -0.39 is 0 Å². The molecule has 20 heavy (non-hydrogen) atoms. The van der Waals surface area contributed by atoms with E-state index in [-0.39, 0.29) is 17.9 Å². The topological polar surface area (TPSA) is 38.3 Å². The van der Waals surface area contributed by atoms with Crippen LogP contribution in [0, 0.1) is 5.92 Å². The predicted octanol–water partition coefficient (Wildman–Crippen LogP) is 3.13. The molecule has 106 valence electrons. The number of nitrogens with one attached hydrogen (secondary N) is 1. The molecule has 2 rings (SSSR count). The van der Waals surface area contributed by atoms with Gasteiger partial charge in [0.05, 0.1) is 13.0 Å². The molecule has 0 aliphatic carbocycles. The number of ether oxygens (including phenoxy) is 1. The van der Waals surface area contributed by atoms with Crippen LogP contribution in [0.15, 0.2) is 42.5 Å². The van der Waals surface area contributed by atoms with Crippen molar-refractivity contribution in [3.8, 4) is 0 Å². The lowest BCUT2D eigenvalue weighted by Gasteiger charge is -2.19. The van der Waals surface area contributed by atoms with E-state index in [2.05, 4.69) is 35.6 Å². The van der Waals surface area contributed by atoms with E-state index in [4.69, 9.17) is 4.74 Å². The van der Waals surface area contributed by atoms with Crippen LogP contribution in [0.3, 0.4) is 0 Å². The molecule has 0 aromatic heterocycles. The maximum absolute atomic E-state index is 11.5. The van der Waals surface area contributed by atoms with Gasteiger partial charge in [-0.15, -0.1) is 0 Å². The van der Waals surface area contributed by atoms with Gasteiger partial charge in [0.15, 0.2) is 0 Å². The molecular weight excluding hydrogens is 250 g/mol. The van der Waals surface area contributed by atoms with Gasteiger partial charge < -0.3 is 10.1 Å². The number of carbonyl (C=O) groups excluding carboxylic acids is 1. The average molecular weight is 271 g/mol. The van der Waals surface area contributed by atoms with Crippen LogP contribution in [0.25, 0.3) is 10.8 Å². The van der Waals surface area contributed by atoms with Crippen molar-refractivity contribution >= 4 is 16.7 Å². The van der Waals surface area contributed by atoms with Crippen molar-refractivity contribution < 1.29 is 9.53 Å². The smallest absolute Gasteiger partial charge is 0.309 e. The molecule has 0 fully saturated rings. The lowest BCUT2D eigenvalue weighted by atomic mass is 10.0. The number of fused-ring (bicyclic) bond motifs is 1. The van der Waals surface area contributed by atoms with Crippen molar-refractivity contribution in [1.29, 1.82) is 0 Å². The van der Waals surface area contributed by atoms with Crippen molar-refractivity contribution in [3.05, 3.63) is 48.0 Å². The second-order valence-corrected chi connectivity index (χ2v) is 5.12. The van der Waals surface area contributed by atoms with Gasteiger partial charge in [-0.1, -0.05) is 49.4 Å². The number of hydrogen-bond donors (Lipinski definition) is 1. The zero-order valence-electron chi connectivity index (χ0n) is 12.2. The summed E-state index contributed by atoms with van der Waals surface area (Å²) in [6, 6.07) is 14.7. The molecule has 1 N–H and O–H groups in total. The Morgan fingerprint density at radius 3 is 2.60 bits per heavy atom. The molecule has 2 aromatic rings. The molecule has 0 aliphatic rings. The quantitative estimate of drug-likeness (QED) is 0.849. The Morgan fingerprint density at radius 1 is 1.15 bits per heavy atom. The molecule has 0 saturated carbocycles. The maximum Gasteiger partial charge on any atom is 0.309 e. The first-order chi connectivity index (χ1) is 9.63. The summed E-state index contributed by atoms with van der Waals surface area (Å²) in [5.41, 5.74) is 1.24. The van der Waals surface area contributed by atoms with Crippen LogP contribution in [0.2, 0.25) is 0 Å². The molecule has 0 amide bonds. The highest BCUT2D eigenvalue weighted by molar-refractivity contribution is 5.85. The van der Waals surface area contributed by atoms with Gasteiger partial charge in [-0.3, -0.25) is 4.79 Å². The minimum absolute atomic E-state index is 0.0708. The van der Waals surface area contributed by atoms with Crippen LogP contribution in [-0.4, -0.2) is 19.1 Å². The van der Waals surface area contributed by atoms with Crippen LogP contribution in [-0.2, 0) is 16.1 Å². The molecule has 2 unspecified atom stereocenters. The van der Waals surface area contributed by atoms with Gasteiger partial charge in [0, 0.05) is 12.6 Å². The first-order valence-corrected chi connectivity index (χ1v) is 6.91. The van der Waals surface area contributed by atoms with Crippen LogP contribution in [0.1, 0.15) is 19.4 Å². The average Bonchev–Trinajstić information content (AvgIpc) is 2.50. The van der Waals surface area contributed by atoms with Crippen molar-refractivity contribution in [1.82, 2.24) is 5.32 Å². The molecule has 3 heteroatoms. The van der Waals surface area contributed by atoms with E-state index >= 15 is 0 Å². The summed E-state index contributed by atoms with van der Waals surface area (Å²) in [5, 5.41) is 5.89. The molecule has 3 nitrogen and oxygen atoms in total. The van der Waals surface area contributed by atoms with E-state index in [1.165, 1.54) is 23.4 Å². The number of rotatable bonds is 5. The van der Waals surface area contributed by atoms with Gasteiger partial charge in [-0.25, -0.2) is 0 Å². The Balaban J connectivity index is 2.08. The molecule has 0 heterocycles. The SMILES string of the molecule is COC(=O)C(C)C(C)NCc1cccc2ccccc12. The van der Waals surface area contributed by atoms with Crippen molar-refractivity contribution in [2.45, 2.75) is 26.4 Å². The fraction of sp³-hybridized carbons (Fsp3) is 0.353. The monoisotopic (exact) mass is 271 g/mol. The molecule has 0 aliphatic heterocycles. The van der Waals surface area contributed by atoms with Gasteiger partial charge >= 0.3 is 5.97 Å². The molecule has 0 bridgehead atoms. The predicted molar refractivity (Wildman–Crippen MR) is 81.4 cm³/mol. The first kappa shape index (κ1) is 14.5. The van der Waals surface area contributed by atoms with Crippen LogP contribution in [0.5, 0.6) is 0 Å². The summed E-state index contributed by atoms with van der Waals surface area (Å²) in [4.78, 5) is 11.5. The fourth-order valence-electron chi connectivity index (χ4n) is 2.28. The number of methoxy groups -OCH3 is 1. The Labute approximate surface area is 119 Å². The van der Waals surface area contributed by atoms with E-state index in [0.29, 0.717) is 0 Å². The number of esters is 1. The first-order valence-electron chi connectivity index (χ1n) is 6.91. The summed E-state index contributed by atoms with van der Waals surface area (Å²) in [6.45, 7) is 4.63. The third-order valence-electron chi connectivity index (χ3n) is 3.82. The zero-order chi connectivity index (χ0) is 14.5. The lowest BCUT2D eigenvalue weighted by Crippen LogP contribution is -2.36. The van der Waals surface area contributed by atoms with Gasteiger partial charge in [-0.05, 0) is 23.3 Å². The Bertz CT molecular complexity index is 589. The van der Waals surface area contributed by atoms with Gasteiger partial charge in [-0.2, -0.15) is 0 Å². The normalized spacial score (nSPS) is 13.9. The van der Waals surface area contributed by atoms with E-state index in [1.54, 1.807) is 0 Å². The molecule has 2 atom stereocenters. The van der Waals surface area contributed by atoms with E-state index in [0.717, 1.165) is 6.54 Å². The van der Waals surface area contributed by atoms with Gasteiger partial charge in [0.1, 0.15) is 0 Å². The molecule has 0 saturated heterocycles. The van der Waals surface area contributed by atoms with Crippen molar-refractivity contribution in [2.75, 3.05) is 7.11 Å². The summed E-state index contributed by atoms with van der Waals surface area (Å²) in [7, 11) is 1.43. The van der Waals surface area contributed by atoms with Crippen LogP contribution < -0.4 is 5.32 Å². The summed E-state index contributed by atoms with van der Waals surface area (Å²) < 4.78 is 4.78. The summed E-state index contributed by atoms with van der Waals surface area (Å²) in [5.74, 6) is -0.335. The highest BCUT2D eigenvalue weighted by Crippen LogP contribution is 2.18. The minimum atomic E-state index is -0.178. The van der Waals surface area contributed by atoms with Gasteiger partial charge in [0.2, 0.25) is 0 Å². The minimum Gasteiger partial charge on any atom is -0.469 e. The van der Waals surface area contributed by atoms with Gasteiger partial charge in [0.25, 0.3) is 0 Å². The Hall–Kier alpha value is -1.87. The largest absolute Gasteiger partial charge is 0.469 e. The zero-order valence-corrected chi connectivity index (χ0v) is 12.2. The number of carbonyl (C=O) groups is 1. The highest BCUT2D eigenvalue weighted by Gasteiger charge is 2.20. The number of hydrogen-bond acceptors (Lipinski definition) is 3. The molecule has 0 radical (unpaired) electrons. The van der Waals surface area contributed by atoms with Crippen molar-refractivity contribution in [3.63, 3.8) is 0 Å². The standard InChI is InChI=1S/C17H21NO2/c1-12(17(19)20-3)13(2)18-11-15-9-6-8-14-7-4-5-10-16(14)15/h4-10,12-13,18H,11H2,1-3H3. The van der Waals surface area contributed by atoms with Crippen molar-refractivity contribution in [2.24, 2.45) is 5.92 Å². The summed E-state index contributed by atoms with van der Waals surface area (Å²) in [6.07, 6.45) is 0. The Kier molecular flexibility index (Phi) is 4.74. The summed E-state index contributed by atoms with van der Waals surface area (Å²) >= 11 is 0. The second kappa shape index (κ2) is 6.53. The van der Waals surface area contributed by atoms with Crippen LogP contribution in [0.4, 0.5) is 0 Å². The number of benzene rings is 2.